The molecule has 0 aromatic heterocycles. The highest BCUT2D eigenvalue weighted by atomic mass is 19.1. The molecule has 1 saturated carbocycles. The number of nitrogens with one attached hydrogen (secondary N) is 1. The number of hydrogen-bond acceptors (Lipinski definition) is 1. The van der Waals surface area contributed by atoms with Crippen LogP contribution < -0.4 is 5.32 Å². The van der Waals surface area contributed by atoms with E-state index in [2.05, 4.69) is 26.1 Å². The van der Waals surface area contributed by atoms with Crippen molar-refractivity contribution in [2.45, 2.75) is 46.1 Å². The van der Waals surface area contributed by atoms with Crippen LogP contribution in [0.4, 0.5) is 8.78 Å². The molecule has 0 heterocycles. The Kier molecular flexibility index (Phi) is 4.24. The Labute approximate surface area is 114 Å². The van der Waals surface area contributed by atoms with Crippen molar-refractivity contribution in [3.05, 3.63) is 35.4 Å². The molecule has 1 N–H and O–H groups in total. The highest BCUT2D eigenvalue weighted by Crippen LogP contribution is 2.33. The van der Waals surface area contributed by atoms with Gasteiger partial charge in [-0.05, 0) is 54.4 Å². The van der Waals surface area contributed by atoms with Gasteiger partial charge in [-0.2, -0.15) is 0 Å². The molecule has 19 heavy (non-hydrogen) atoms. The SMILES string of the molecule is CC(C)C(C)(CNC1CC1)Cc1cc(F)ccc1F. The number of halogens is 2. The number of benzene rings is 1. The average molecular weight is 267 g/mol. The minimum absolute atomic E-state index is 0.0583. The van der Waals surface area contributed by atoms with E-state index < -0.39 is 0 Å². The van der Waals surface area contributed by atoms with Gasteiger partial charge in [-0.25, -0.2) is 8.78 Å². The normalized spacial score (nSPS) is 18.6. The molecule has 1 fully saturated rings. The molecule has 1 aliphatic carbocycles. The third-order valence-corrected chi connectivity index (χ3v) is 4.37. The Morgan fingerprint density at radius 2 is 2.00 bits per heavy atom. The topological polar surface area (TPSA) is 12.0 Å². The van der Waals surface area contributed by atoms with Crippen LogP contribution in [-0.4, -0.2) is 12.6 Å². The number of hydrogen-bond donors (Lipinski definition) is 1. The summed E-state index contributed by atoms with van der Waals surface area (Å²) in [6.07, 6.45) is 3.04. The summed E-state index contributed by atoms with van der Waals surface area (Å²) in [5.41, 5.74) is 0.422. The van der Waals surface area contributed by atoms with Gasteiger partial charge in [0.2, 0.25) is 0 Å². The van der Waals surface area contributed by atoms with Gasteiger partial charge in [-0.1, -0.05) is 20.8 Å². The Hall–Kier alpha value is -0.960. The second kappa shape index (κ2) is 5.58. The molecule has 2 rings (SSSR count). The highest BCUT2D eigenvalue weighted by molar-refractivity contribution is 5.20. The number of rotatable bonds is 6. The van der Waals surface area contributed by atoms with Gasteiger partial charge in [0, 0.05) is 12.6 Å². The van der Waals surface area contributed by atoms with Crippen LogP contribution in [0.15, 0.2) is 18.2 Å². The predicted octanol–water partition coefficient (Wildman–Crippen LogP) is 3.92. The second-order valence-electron chi connectivity index (χ2n) is 6.38. The van der Waals surface area contributed by atoms with Gasteiger partial charge in [0.05, 0.1) is 0 Å². The first-order valence-electron chi connectivity index (χ1n) is 7.08. The van der Waals surface area contributed by atoms with E-state index in [1.807, 2.05) is 0 Å². The lowest BCUT2D eigenvalue weighted by Crippen LogP contribution is -2.39. The Balaban J connectivity index is 2.11. The molecule has 0 bridgehead atoms. The lowest BCUT2D eigenvalue weighted by atomic mass is 9.74. The molecular weight excluding hydrogens is 244 g/mol. The summed E-state index contributed by atoms with van der Waals surface area (Å²) in [4.78, 5) is 0. The van der Waals surface area contributed by atoms with E-state index >= 15 is 0 Å². The van der Waals surface area contributed by atoms with Crippen LogP contribution >= 0.6 is 0 Å². The van der Waals surface area contributed by atoms with E-state index in [1.54, 1.807) is 0 Å². The van der Waals surface area contributed by atoms with Gasteiger partial charge in [0.25, 0.3) is 0 Å². The van der Waals surface area contributed by atoms with Gasteiger partial charge in [-0.3, -0.25) is 0 Å². The third kappa shape index (κ3) is 3.75. The zero-order valence-corrected chi connectivity index (χ0v) is 12.0. The van der Waals surface area contributed by atoms with Crippen molar-refractivity contribution in [1.29, 1.82) is 0 Å². The third-order valence-electron chi connectivity index (χ3n) is 4.37. The van der Waals surface area contributed by atoms with Crippen molar-refractivity contribution in [3.63, 3.8) is 0 Å². The molecule has 1 aromatic rings. The molecule has 0 amide bonds. The molecular formula is C16H23F2N. The molecule has 1 atom stereocenters. The van der Waals surface area contributed by atoms with Crippen molar-refractivity contribution >= 4 is 0 Å². The van der Waals surface area contributed by atoms with Crippen molar-refractivity contribution in [2.75, 3.05) is 6.54 Å². The molecule has 0 spiro atoms. The summed E-state index contributed by atoms with van der Waals surface area (Å²) in [6.45, 7) is 7.29. The van der Waals surface area contributed by atoms with Gasteiger partial charge >= 0.3 is 0 Å². The smallest absolute Gasteiger partial charge is 0.126 e. The summed E-state index contributed by atoms with van der Waals surface area (Å²) < 4.78 is 27.1. The van der Waals surface area contributed by atoms with Crippen molar-refractivity contribution < 1.29 is 8.78 Å². The average Bonchev–Trinajstić information content (AvgIpc) is 3.15. The van der Waals surface area contributed by atoms with Gasteiger partial charge < -0.3 is 5.32 Å². The quantitative estimate of drug-likeness (QED) is 0.823. The first-order chi connectivity index (χ1) is 8.90. The molecule has 0 saturated heterocycles. The van der Waals surface area contributed by atoms with E-state index in [1.165, 1.54) is 31.0 Å². The molecule has 1 nitrogen and oxygen atoms in total. The maximum Gasteiger partial charge on any atom is 0.126 e. The van der Waals surface area contributed by atoms with Gasteiger partial charge in [0.1, 0.15) is 11.6 Å². The zero-order chi connectivity index (χ0) is 14.0. The summed E-state index contributed by atoms with van der Waals surface area (Å²) >= 11 is 0. The highest BCUT2D eigenvalue weighted by Gasteiger charge is 2.32. The fourth-order valence-corrected chi connectivity index (χ4v) is 2.25. The van der Waals surface area contributed by atoms with Crippen LogP contribution in [0.25, 0.3) is 0 Å². The minimum Gasteiger partial charge on any atom is -0.313 e. The maximum absolute atomic E-state index is 13.8. The van der Waals surface area contributed by atoms with Gasteiger partial charge in [0.15, 0.2) is 0 Å². The van der Waals surface area contributed by atoms with Crippen LogP contribution in [0.5, 0.6) is 0 Å². The van der Waals surface area contributed by atoms with Crippen LogP contribution in [0.3, 0.4) is 0 Å². The Morgan fingerprint density at radius 1 is 1.32 bits per heavy atom. The molecule has 1 aliphatic rings. The summed E-state index contributed by atoms with van der Waals surface area (Å²) in [5.74, 6) is -0.265. The fraction of sp³-hybridized carbons (Fsp3) is 0.625. The predicted molar refractivity (Wildman–Crippen MR) is 74.0 cm³/mol. The zero-order valence-electron chi connectivity index (χ0n) is 12.0. The maximum atomic E-state index is 13.8. The van der Waals surface area contributed by atoms with E-state index in [4.69, 9.17) is 0 Å². The van der Waals surface area contributed by atoms with Crippen molar-refractivity contribution in [3.8, 4) is 0 Å². The Morgan fingerprint density at radius 3 is 2.58 bits per heavy atom. The molecule has 0 radical (unpaired) electrons. The minimum atomic E-state index is -0.363. The molecule has 3 heteroatoms. The largest absolute Gasteiger partial charge is 0.313 e. The van der Waals surface area contributed by atoms with E-state index in [0.29, 0.717) is 23.9 Å². The molecule has 106 valence electrons. The monoisotopic (exact) mass is 267 g/mol. The lowest BCUT2D eigenvalue weighted by Gasteiger charge is -2.34. The van der Waals surface area contributed by atoms with E-state index in [9.17, 15) is 8.78 Å². The molecule has 1 unspecified atom stereocenters. The van der Waals surface area contributed by atoms with Crippen LogP contribution in [-0.2, 0) is 6.42 Å². The van der Waals surface area contributed by atoms with E-state index in [-0.39, 0.29) is 17.0 Å². The molecule has 1 aromatic carbocycles. The lowest BCUT2D eigenvalue weighted by molar-refractivity contribution is 0.204. The first kappa shape index (κ1) is 14.4. The fourth-order valence-electron chi connectivity index (χ4n) is 2.25. The molecule has 0 aliphatic heterocycles. The van der Waals surface area contributed by atoms with Crippen molar-refractivity contribution in [2.24, 2.45) is 11.3 Å². The summed E-state index contributed by atoms with van der Waals surface area (Å²) in [5, 5.41) is 3.52. The van der Waals surface area contributed by atoms with Gasteiger partial charge in [-0.15, -0.1) is 0 Å². The van der Waals surface area contributed by atoms with Crippen LogP contribution in [0.2, 0.25) is 0 Å². The standard InChI is InChI=1S/C16H23F2N/c1-11(2)16(3,10-19-14-5-6-14)9-12-8-13(17)4-7-15(12)18/h4,7-8,11,14,19H,5-6,9-10H2,1-3H3. The second-order valence-corrected chi connectivity index (χ2v) is 6.38. The first-order valence-corrected chi connectivity index (χ1v) is 7.08. The summed E-state index contributed by atoms with van der Waals surface area (Å²) in [7, 11) is 0. The van der Waals surface area contributed by atoms with E-state index in [0.717, 1.165) is 6.54 Å². The summed E-state index contributed by atoms with van der Waals surface area (Å²) in [6, 6.07) is 4.36. The van der Waals surface area contributed by atoms with Crippen LogP contribution in [0, 0.1) is 23.0 Å². The Bertz CT molecular complexity index is 440. The van der Waals surface area contributed by atoms with Crippen LogP contribution in [0.1, 0.15) is 39.2 Å². The van der Waals surface area contributed by atoms with Crippen molar-refractivity contribution in [1.82, 2.24) is 5.32 Å².